The molecule has 1 aromatic rings. The third kappa shape index (κ3) is 1.92. The van der Waals surface area contributed by atoms with E-state index in [-0.39, 0.29) is 17.6 Å². The van der Waals surface area contributed by atoms with Gasteiger partial charge in [0.05, 0.1) is 0 Å². The van der Waals surface area contributed by atoms with Gasteiger partial charge in [0.2, 0.25) is 0 Å². The zero-order valence-corrected chi connectivity index (χ0v) is 10.4. The summed E-state index contributed by atoms with van der Waals surface area (Å²) in [5.74, 6) is 0.351. The van der Waals surface area contributed by atoms with Gasteiger partial charge < -0.3 is 5.32 Å². The molecule has 1 saturated carbocycles. The Bertz CT molecular complexity index is 466. The standard InChI is InChI=1S/C15H18FNO/c16-13-8-4-7-11-14(13)12(9-17-15(11)18)10-5-2-1-3-6-10/h4,7-8,10,12H,1-3,5-6,9H2,(H,17,18). The second kappa shape index (κ2) is 4.71. The number of rotatable bonds is 1. The van der Waals surface area contributed by atoms with Crippen LogP contribution in [0, 0.1) is 11.7 Å². The Morgan fingerprint density at radius 3 is 2.72 bits per heavy atom. The second-order valence-corrected chi connectivity index (χ2v) is 5.42. The Kier molecular flexibility index (Phi) is 3.06. The Morgan fingerprint density at radius 1 is 1.17 bits per heavy atom. The average molecular weight is 247 g/mol. The molecule has 0 spiro atoms. The summed E-state index contributed by atoms with van der Waals surface area (Å²) in [6.07, 6.45) is 6.08. The van der Waals surface area contributed by atoms with Gasteiger partial charge in [-0.3, -0.25) is 4.79 Å². The summed E-state index contributed by atoms with van der Waals surface area (Å²) >= 11 is 0. The van der Waals surface area contributed by atoms with E-state index in [4.69, 9.17) is 0 Å². The number of benzene rings is 1. The first-order valence-corrected chi connectivity index (χ1v) is 6.84. The molecule has 0 aromatic heterocycles. The number of nitrogens with one attached hydrogen (secondary N) is 1. The molecule has 1 heterocycles. The summed E-state index contributed by atoms with van der Waals surface area (Å²) in [4.78, 5) is 11.8. The van der Waals surface area contributed by atoms with E-state index in [0.717, 1.165) is 12.8 Å². The molecule has 1 atom stereocenters. The summed E-state index contributed by atoms with van der Waals surface area (Å²) in [5.41, 5.74) is 1.20. The van der Waals surface area contributed by atoms with Gasteiger partial charge in [-0.15, -0.1) is 0 Å². The SMILES string of the molecule is O=C1NCC(C2CCCCC2)c2c(F)cccc21. The van der Waals surface area contributed by atoms with E-state index in [2.05, 4.69) is 5.32 Å². The molecule has 3 rings (SSSR count). The van der Waals surface area contributed by atoms with Crippen LogP contribution in [-0.4, -0.2) is 12.5 Å². The van der Waals surface area contributed by atoms with Gasteiger partial charge in [-0.2, -0.15) is 0 Å². The molecule has 1 aliphatic heterocycles. The Labute approximate surface area is 107 Å². The fraction of sp³-hybridized carbons (Fsp3) is 0.533. The highest BCUT2D eigenvalue weighted by molar-refractivity contribution is 5.97. The summed E-state index contributed by atoms with van der Waals surface area (Å²) in [6, 6.07) is 4.84. The molecular formula is C15H18FNO. The predicted molar refractivity (Wildman–Crippen MR) is 68.0 cm³/mol. The molecule has 18 heavy (non-hydrogen) atoms. The van der Waals surface area contributed by atoms with Crippen molar-refractivity contribution in [1.29, 1.82) is 0 Å². The molecule has 96 valence electrons. The van der Waals surface area contributed by atoms with Crippen molar-refractivity contribution < 1.29 is 9.18 Å². The maximum absolute atomic E-state index is 14.1. The Balaban J connectivity index is 1.98. The van der Waals surface area contributed by atoms with Crippen molar-refractivity contribution in [1.82, 2.24) is 5.32 Å². The number of carbonyl (C=O) groups excluding carboxylic acids is 1. The monoisotopic (exact) mass is 247 g/mol. The van der Waals surface area contributed by atoms with Crippen LogP contribution in [0.5, 0.6) is 0 Å². The van der Waals surface area contributed by atoms with E-state index in [9.17, 15) is 9.18 Å². The van der Waals surface area contributed by atoms with Crippen LogP contribution in [0.25, 0.3) is 0 Å². The molecule has 1 aliphatic carbocycles. The predicted octanol–water partition coefficient (Wildman–Crippen LogP) is 3.23. The van der Waals surface area contributed by atoms with Crippen molar-refractivity contribution in [2.45, 2.75) is 38.0 Å². The van der Waals surface area contributed by atoms with Crippen molar-refractivity contribution in [3.05, 3.63) is 35.1 Å². The minimum absolute atomic E-state index is 0.128. The highest BCUT2D eigenvalue weighted by Gasteiger charge is 2.33. The maximum Gasteiger partial charge on any atom is 0.251 e. The minimum Gasteiger partial charge on any atom is -0.351 e. The first kappa shape index (κ1) is 11.7. The first-order chi connectivity index (χ1) is 8.77. The van der Waals surface area contributed by atoms with Gasteiger partial charge >= 0.3 is 0 Å². The van der Waals surface area contributed by atoms with E-state index < -0.39 is 0 Å². The minimum atomic E-state index is -0.210. The zero-order chi connectivity index (χ0) is 12.5. The van der Waals surface area contributed by atoms with E-state index in [1.807, 2.05) is 0 Å². The van der Waals surface area contributed by atoms with Crippen molar-refractivity contribution >= 4 is 5.91 Å². The van der Waals surface area contributed by atoms with Gasteiger partial charge in [0.15, 0.2) is 0 Å². The molecule has 0 bridgehead atoms. The van der Waals surface area contributed by atoms with Crippen LogP contribution >= 0.6 is 0 Å². The van der Waals surface area contributed by atoms with Gasteiger partial charge in [-0.1, -0.05) is 25.3 Å². The number of hydrogen-bond donors (Lipinski definition) is 1. The van der Waals surface area contributed by atoms with E-state index in [0.29, 0.717) is 23.6 Å². The van der Waals surface area contributed by atoms with Crippen molar-refractivity contribution in [3.63, 3.8) is 0 Å². The quantitative estimate of drug-likeness (QED) is 0.811. The number of hydrogen-bond acceptors (Lipinski definition) is 1. The molecule has 3 heteroatoms. The highest BCUT2D eigenvalue weighted by atomic mass is 19.1. The molecule has 0 radical (unpaired) electrons. The average Bonchev–Trinajstić information content (AvgIpc) is 2.41. The lowest BCUT2D eigenvalue weighted by Crippen LogP contribution is -2.39. The normalized spacial score (nSPS) is 24.5. The van der Waals surface area contributed by atoms with Gasteiger partial charge in [0.25, 0.3) is 5.91 Å². The van der Waals surface area contributed by atoms with E-state index >= 15 is 0 Å². The second-order valence-electron chi connectivity index (χ2n) is 5.42. The topological polar surface area (TPSA) is 29.1 Å². The van der Waals surface area contributed by atoms with Crippen LogP contribution in [0.4, 0.5) is 4.39 Å². The maximum atomic E-state index is 14.1. The number of fused-ring (bicyclic) bond motifs is 1. The van der Waals surface area contributed by atoms with Gasteiger partial charge in [-0.25, -0.2) is 4.39 Å². The Hall–Kier alpha value is -1.38. The van der Waals surface area contributed by atoms with Crippen molar-refractivity contribution in [2.75, 3.05) is 6.54 Å². The van der Waals surface area contributed by atoms with Crippen LogP contribution < -0.4 is 5.32 Å². The summed E-state index contributed by atoms with van der Waals surface area (Å²) in [5, 5.41) is 2.91. The molecule has 1 aromatic carbocycles. The number of halogens is 1. The summed E-state index contributed by atoms with van der Waals surface area (Å²) in [6.45, 7) is 0.595. The van der Waals surface area contributed by atoms with Gasteiger partial charge in [-0.05, 0) is 30.9 Å². The molecule has 1 amide bonds. The lowest BCUT2D eigenvalue weighted by molar-refractivity contribution is 0.0929. The third-order valence-corrected chi connectivity index (χ3v) is 4.37. The third-order valence-electron chi connectivity index (χ3n) is 4.37. The fourth-order valence-electron chi connectivity index (χ4n) is 3.45. The van der Waals surface area contributed by atoms with Crippen LogP contribution in [0.3, 0.4) is 0 Å². The molecule has 1 N–H and O–H groups in total. The van der Waals surface area contributed by atoms with Crippen LogP contribution in [0.15, 0.2) is 18.2 Å². The van der Waals surface area contributed by atoms with Crippen LogP contribution in [-0.2, 0) is 0 Å². The number of amides is 1. The Morgan fingerprint density at radius 2 is 1.94 bits per heavy atom. The molecule has 2 aliphatic rings. The molecule has 1 fully saturated rings. The molecule has 1 unspecified atom stereocenters. The van der Waals surface area contributed by atoms with Crippen LogP contribution in [0.1, 0.15) is 53.9 Å². The zero-order valence-electron chi connectivity index (χ0n) is 10.4. The highest BCUT2D eigenvalue weighted by Crippen LogP contribution is 2.39. The summed E-state index contributed by atoms with van der Waals surface area (Å²) in [7, 11) is 0. The van der Waals surface area contributed by atoms with Gasteiger partial charge in [0.1, 0.15) is 5.82 Å². The van der Waals surface area contributed by atoms with E-state index in [1.165, 1.54) is 25.3 Å². The lowest BCUT2D eigenvalue weighted by Gasteiger charge is -2.34. The first-order valence-electron chi connectivity index (χ1n) is 6.84. The van der Waals surface area contributed by atoms with Crippen molar-refractivity contribution in [2.24, 2.45) is 5.92 Å². The number of carbonyl (C=O) groups is 1. The van der Waals surface area contributed by atoms with E-state index in [1.54, 1.807) is 12.1 Å². The molecule has 0 saturated heterocycles. The van der Waals surface area contributed by atoms with Gasteiger partial charge in [0, 0.05) is 23.6 Å². The lowest BCUT2D eigenvalue weighted by atomic mass is 9.74. The van der Waals surface area contributed by atoms with Crippen molar-refractivity contribution in [3.8, 4) is 0 Å². The molecular weight excluding hydrogens is 229 g/mol. The summed E-state index contributed by atoms with van der Waals surface area (Å²) < 4.78 is 14.1. The van der Waals surface area contributed by atoms with Crippen LogP contribution in [0.2, 0.25) is 0 Å². The smallest absolute Gasteiger partial charge is 0.251 e. The molecule has 2 nitrogen and oxygen atoms in total. The largest absolute Gasteiger partial charge is 0.351 e. The fourth-order valence-corrected chi connectivity index (χ4v) is 3.45.